The number of hydrogen-bond donors (Lipinski definition) is 0. The number of carbonyl (C=O) groups is 2. The first-order valence-corrected chi connectivity index (χ1v) is 6.38. The fourth-order valence-electron chi connectivity index (χ4n) is 1.51. The molecule has 7 heteroatoms. The fourth-order valence-corrected chi connectivity index (χ4v) is 1.68. The first-order chi connectivity index (χ1) is 9.49. The van der Waals surface area contributed by atoms with Crippen LogP contribution >= 0.6 is 11.6 Å². The second-order valence-corrected chi connectivity index (χ2v) is 4.05. The van der Waals surface area contributed by atoms with Gasteiger partial charge in [-0.3, -0.25) is 4.79 Å². The number of rotatable bonds is 7. The molecule has 0 N–H and O–H groups in total. The van der Waals surface area contributed by atoms with Crippen LogP contribution in [0.15, 0.2) is 18.2 Å². The van der Waals surface area contributed by atoms with Gasteiger partial charge in [0.25, 0.3) is 0 Å². The highest BCUT2D eigenvalue weighted by Gasteiger charge is 2.18. The number of alkyl halides is 3. The zero-order chi connectivity index (χ0) is 15.1. The molecule has 0 unspecified atom stereocenters. The lowest BCUT2D eigenvalue weighted by molar-refractivity contribution is -0.0501. The molecule has 0 saturated heterocycles. The minimum atomic E-state index is -3.06. The molecule has 0 heterocycles. The third kappa shape index (κ3) is 4.45. The Balaban J connectivity index is 3.13. The molecule has 0 spiro atoms. The van der Waals surface area contributed by atoms with Crippen molar-refractivity contribution in [1.82, 2.24) is 0 Å². The van der Waals surface area contributed by atoms with Crippen LogP contribution in [0.1, 0.15) is 34.1 Å². The number of Topliss-reactive ketones (excluding diaryl/α,β-unsaturated/α-hetero) is 1. The molecule has 20 heavy (non-hydrogen) atoms. The SMILES string of the molecule is CCOC(=O)c1ccc(OC(F)F)c(C(=O)CCCl)c1. The molecule has 0 aromatic heterocycles. The second-order valence-electron chi connectivity index (χ2n) is 3.67. The Bertz CT molecular complexity index is 491. The van der Waals surface area contributed by atoms with E-state index in [1.165, 1.54) is 12.1 Å². The molecule has 4 nitrogen and oxygen atoms in total. The van der Waals surface area contributed by atoms with Crippen molar-refractivity contribution in [2.24, 2.45) is 0 Å². The van der Waals surface area contributed by atoms with Crippen LogP contribution in [0.4, 0.5) is 8.78 Å². The Morgan fingerprint density at radius 1 is 1.35 bits per heavy atom. The number of hydrogen-bond acceptors (Lipinski definition) is 4. The van der Waals surface area contributed by atoms with Crippen molar-refractivity contribution >= 4 is 23.4 Å². The van der Waals surface area contributed by atoms with E-state index < -0.39 is 18.4 Å². The molecule has 110 valence electrons. The van der Waals surface area contributed by atoms with Crippen LogP contribution < -0.4 is 4.74 Å². The lowest BCUT2D eigenvalue weighted by Crippen LogP contribution is -2.11. The summed E-state index contributed by atoms with van der Waals surface area (Å²) in [7, 11) is 0. The van der Waals surface area contributed by atoms with Crippen molar-refractivity contribution in [1.29, 1.82) is 0 Å². The summed E-state index contributed by atoms with van der Waals surface area (Å²) in [5.41, 5.74) is -0.0251. The van der Waals surface area contributed by atoms with Crippen molar-refractivity contribution in [2.75, 3.05) is 12.5 Å². The van der Waals surface area contributed by atoms with Gasteiger partial charge in [-0.05, 0) is 25.1 Å². The van der Waals surface area contributed by atoms with E-state index >= 15 is 0 Å². The maximum Gasteiger partial charge on any atom is 0.387 e. The lowest BCUT2D eigenvalue weighted by atomic mass is 10.0. The molecule has 0 radical (unpaired) electrons. The van der Waals surface area contributed by atoms with Crippen LogP contribution in [-0.4, -0.2) is 30.9 Å². The van der Waals surface area contributed by atoms with Crippen molar-refractivity contribution < 1.29 is 27.8 Å². The summed E-state index contributed by atoms with van der Waals surface area (Å²) in [6.45, 7) is -1.27. The molecule has 0 atom stereocenters. The highest BCUT2D eigenvalue weighted by atomic mass is 35.5. The molecule has 0 aliphatic heterocycles. The molecular weight excluding hydrogens is 294 g/mol. The van der Waals surface area contributed by atoms with E-state index in [2.05, 4.69) is 4.74 Å². The van der Waals surface area contributed by atoms with Gasteiger partial charge in [0.15, 0.2) is 5.78 Å². The highest BCUT2D eigenvalue weighted by Crippen LogP contribution is 2.24. The fraction of sp³-hybridized carbons (Fsp3) is 0.385. The van der Waals surface area contributed by atoms with Gasteiger partial charge < -0.3 is 9.47 Å². The maximum atomic E-state index is 12.3. The average molecular weight is 307 g/mol. The molecule has 1 rings (SSSR count). The first-order valence-electron chi connectivity index (χ1n) is 5.84. The summed E-state index contributed by atoms with van der Waals surface area (Å²) >= 11 is 5.45. The van der Waals surface area contributed by atoms with Gasteiger partial charge in [-0.1, -0.05) is 0 Å². The number of ether oxygens (including phenoxy) is 2. The van der Waals surface area contributed by atoms with E-state index in [1.807, 2.05) is 0 Å². The summed E-state index contributed by atoms with van der Waals surface area (Å²) in [4.78, 5) is 23.4. The van der Waals surface area contributed by atoms with Crippen LogP contribution in [0.2, 0.25) is 0 Å². The average Bonchev–Trinajstić information content (AvgIpc) is 2.39. The monoisotopic (exact) mass is 306 g/mol. The van der Waals surface area contributed by atoms with Gasteiger partial charge in [-0.2, -0.15) is 8.78 Å². The van der Waals surface area contributed by atoms with Crippen LogP contribution in [0.25, 0.3) is 0 Å². The number of halogens is 3. The standard InChI is InChI=1S/C13H13ClF2O4/c1-2-19-12(18)8-3-4-11(20-13(15)16)9(7-8)10(17)5-6-14/h3-4,7,13H,2,5-6H2,1H3. The molecule has 0 fully saturated rings. The molecule has 1 aromatic carbocycles. The molecule has 0 amide bonds. The van der Waals surface area contributed by atoms with E-state index in [1.54, 1.807) is 6.92 Å². The van der Waals surface area contributed by atoms with Gasteiger partial charge in [-0.15, -0.1) is 11.6 Å². The van der Waals surface area contributed by atoms with E-state index in [0.29, 0.717) is 0 Å². The molecule has 0 aliphatic rings. The quantitative estimate of drug-likeness (QED) is 0.441. The second kappa shape index (κ2) is 7.79. The van der Waals surface area contributed by atoms with Crippen molar-refractivity contribution in [3.63, 3.8) is 0 Å². The van der Waals surface area contributed by atoms with Crippen molar-refractivity contribution in [2.45, 2.75) is 20.0 Å². The first kappa shape index (κ1) is 16.4. The van der Waals surface area contributed by atoms with Crippen LogP contribution in [0.3, 0.4) is 0 Å². The third-order valence-electron chi connectivity index (χ3n) is 2.33. The Morgan fingerprint density at radius 2 is 2.05 bits per heavy atom. The normalized spacial score (nSPS) is 10.4. The number of esters is 1. The largest absolute Gasteiger partial charge is 0.462 e. The lowest BCUT2D eigenvalue weighted by Gasteiger charge is -2.11. The highest BCUT2D eigenvalue weighted by molar-refractivity contribution is 6.19. The van der Waals surface area contributed by atoms with Crippen molar-refractivity contribution in [3.05, 3.63) is 29.3 Å². The van der Waals surface area contributed by atoms with Gasteiger partial charge in [0.2, 0.25) is 0 Å². The Kier molecular flexibility index (Phi) is 6.38. The van der Waals surface area contributed by atoms with Gasteiger partial charge in [0.1, 0.15) is 5.75 Å². The predicted octanol–water partition coefficient (Wildman–Crippen LogP) is 3.28. The number of carbonyl (C=O) groups excluding carboxylic acids is 2. The zero-order valence-electron chi connectivity index (χ0n) is 10.7. The summed E-state index contributed by atoms with van der Waals surface area (Å²) in [6.07, 6.45) is -0.0482. The van der Waals surface area contributed by atoms with Gasteiger partial charge >= 0.3 is 12.6 Å². The smallest absolute Gasteiger partial charge is 0.387 e. The van der Waals surface area contributed by atoms with E-state index in [9.17, 15) is 18.4 Å². The Labute approximate surface area is 119 Å². The van der Waals surface area contributed by atoms with Gasteiger partial charge in [0.05, 0.1) is 17.7 Å². The predicted molar refractivity (Wildman–Crippen MR) is 68.7 cm³/mol. The number of ketones is 1. The van der Waals surface area contributed by atoms with E-state index in [-0.39, 0.29) is 35.8 Å². The summed E-state index contributed by atoms with van der Waals surface area (Å²) in [5.74, 6) is -1.38. The topological polar surface area (TPSA) is 52.6 Å². The molecule has 0 saturated carbocycles. The summed E-state index contributed by atoms with van der Waals surface area (Å²) < 4.78 is 33.6. The van der Waals surface area contributed by atoms with E-state index in [0.717, 1.165) is 6.07 Å². The number of benzene rings is 1. The van der Waals surface area contributed by atoms with Crippen LogP contribution in [0.5, 0.6) is 5.75 Å². The Hall–Kier alpha value is -1.69. The molecular formula is C13H13ClF2O4. The minimum Gasteiger partial charge on any atom is -0.462 e. The maximum absolute atomic E-state index is 12.3. The minimum absolute atomic E-state index is 0.0383. The van der Waals surface area contributed by atoms with Crippen LogP contribution in [-0.2, 0) is 4.74 Å². The Morgan fingerprint density at radius 3 is 2.60 bits per heavy atom. The van der Waals surface area contributed by atoms with E-state index in [4.69, 9.17) is 16.3 Å². The van der Waals surface area contributed by atoms with Gasteiger partial charge in [-0.25, -0.2) is 4.79 Å². The summed E-state index contributed by atoms with van der Waals surface area (Å²) in [6, 6.07) is 3.57. The zero-order valence-corrected chi connectivity index (χ0v) is 11.5. The summed E-state index contributed by atoms with van der Waals surface area (Å²) in [5, 5.41) is 0. The van der Waals surface area contributed by atoms with Crippen molar-refractivity contribution in [3.8, 4) is 5.75 Å². The van der Waals surface area contributed by atoms with Gasteiger partial charge in [0, 0.05) is 12.3 Å². The molecule has 0 aliphatic carbocycles. The molecule has 0 bridgehead atoms. The molecule has 1 aromatic rings. The van der Waals surface area contributed by atoms with Crippen LogP contribution in [0, 0.1) is 0 Å². The third-order valence-corrected chi connectivity index (χ3v) is 2.52.